The molecule has 1 saturated carbocycles. The lowest BCUT2D eigenvalue weighted by molar-refractivity contribution is -0.0322. The van der Waals surface area contributed by atoms with Crippen LogP contribution in [0, 0.1) is 0 Å². The first-order chi connectivity index (χ1) is 8.65. The fourth-order valence-electron chi connectivity index (χ4n) is 2.63. The molecule has 0 bridgehead atoms. The number of rotatable bonds is 4. The number of hydrogen-bond acceptors (Lipinski definition) is 3. The van der Waals surface area contributed by atoms with Crippen LogP contribution in [0.15, 0.2) is 18.2 Å². The number of aliphatic hydroxyl groups is 1. The molecule has 3 rings (SSSR count). The van der Waals surface area contributed by atoms with Gasteiger partial charge in [-0.25, -0.2) is 0 Å². The van der Waals surface area contributed by atoms with Crippen molar-refractivity contribution in [2.45, 2.75) is 37.4 Å². The van der Waals surface area contributed by atoms with E-state index in [1.165, 1.54) is 5.56 Å². The van der Waals surface area contributed by atoms with Gasteiger partial charge in [-0.15, -0.1) is 0 Å². The fourth-order valence-corrected chi connectivity index (χ4v) is 2.83. The highest BCUT2D eigenvalue weighted by atomic mass is 35.5. The van der Waals surface area contributed by atoms with E-state index in [2.05, 4.69) is 5.32 Å². The lowest BCUT2D eigenvalue weighted by atomic mass is 9.80. The molecule has 0 aromatic heterocycles. The zero-order chi connectivity index (χ0) is 12.6. The second-order valence-electron chi connectivity index (χ2n) is 5.40. The lowest BCUT2D eigenvalue weighted by Gasteiger charge is -2.37. The van der Waals surface area contributed by atoms with E-state index in [1.54, 1.807) is 0 Å². The third-order valence-corrected chi connectivity index (χ3v) is 4.11. The van der Waals surface area contributed by atoms with E-state index < -0.39 is 5.60 Å². The van der Waals surface area contributed by atoms with Crippen LogP contribution >= 0.6 is 11.6 Å². The summed E-state index contributed by atoms with van der Waals surface area (Å²) in [6.45, 7) is 1.44. The predicted molar refractivity (Wildman–Crippen MR) is 71.2 cm³/mol. The molecule has 3 nitrogen and oxygen atoms in total. The molecule has 0 saturated heterocycles. The smallest absolute Gasteiger partial charge is 0.123 e. The zero-order valence-electron chi connectivity index (χ0n) is 10.3. The molecule has 1 aromatic rings. The van der Waals surface area contributed by atoms with Gasteiger partial charge in [0.25, 0.3) is 0 Å². The average Bonchev–Trinajstić information content (AvgIpc) is 2.68. The Hall–Kier alpha value is -0.770. The van der Waals surface area contributed by atoms with Crippen LogP contribution < -0.4 is 10.1 Å². The van der Waals surface area contributed by atoms with E-state index in [0.717, 1.165) is 43.0 Å². The summed E-state index contributed by atoms with van der Waals surface area (Å²) < 4.78 is 5.83. The number of benzene rings is 1. The number of fused-ring (bicyclic) bond motifs is 1. The van der Waals surface area contributed by atoms with Crippen LogP contribution in [-0.2, 0) is 6.42 Å². The molecule has 2 aliphatic rings. The Morgan fingerprint density at radius 1 is 1.44 bits per heavy atom. The highest BCUT2D eigenvalue weighted by Crippen LogP contribution is 2.32. The predicted octanol–water partition coefficient (Wildman–Crippen LogP) is 2.15. The van der Waals surface area contributed by atoms with Crippen LogP contribution in [-0.4, -0.2) is 29.9 Å². The highest BCUT2D eigenvalue weighted by molar-refractivity contribution is 6.30. The van der Waals surface area contributed by atoms with Gasteiger partial charge in [0.2, 0.25) is 0 Å². The summed E-state index contributed by atoms with van der Waals surface area (Å²) in [4.78, 5) is 0. The van der Waals surface area contributed by atoms with E-state index in [0.29, 0.717) is 6.54 Å². The molecule has 1 aromatic carbocycles. The number of ether oxygens (including phenoxy) is 1. The fraction of sp³-hybridized carbons (Fsp3) is 0.571. The van der Waals surface area contributed by atoms with Gasteiger partial charge in [-0.1, -0.05) is 11.6 Å². The average molecular weight is 268 g/mol. The Labute approximate surface area is 112 Å². The normalized spacial score (nSPS) is 24.2. The van der Waals surface area contributed by atoms with Crippen molar-refractivity contribution in [3.05, 3.63) is 28.8 Å². The van der Waals surface area contributed by atoms with Crippen molar-refractivity contribution in [3.8, 4) is 5.75 Å². The van der Waals surface area contributed by atoms with Crippen molar-refractivity contribution in [1.82, 2.24) is 5.32 Å². The third-order valence-electron chi connectivity index (χ3n) is 3.87. The maximum atomic E-state index is 9.97. The second kappa shape index (κ2) is 4.72. The molecule has 4 heteroatoms. The van der Waals surface area contributed by atoms with Gasteiger partial charge in [-0.05, 0) is 43.0 Å². The largest absolute Gasteiger partial charge is 0.488 e. The minimum atomic E-state index is -0.464. The van der Waals surface area contributed by atoms with Gasteiger partial charge in [0.1, 0.15) is 11.9 Å². The first kappa shape index (κ1) is 12.3. The molecule has 1 aliphatic heterocycles. The topological polar surface area (TPSA) is 41.5 Å². The van der Waals surface area contributed by atoms with Crippen LogP contribution in [0.25, 0.3) is 0 Å². The second-order valence-corrected chi connectivity index (χ2v) is 5.84. The van der Waals surface area contributed by atoms with Gasteiger partial charge < -0.3 is 15.2 Å². The molecule has 1 aliphatic carbocycles. The summed E-state index contributed by atoms with van der Waals surface area (Å²) in [6, 6.07) is 5.75. The van der Waals surface area contributed by atoms with Gasteiger partial charge >= 0.3 is 0 Å². The first-order valence-corrected chi connectivity index (χ1v) is 6.91. The van der Waals surface area contributed by atoms with Crippen LogP contribution in [0.4, 0.5) is 0 Å². The van der Waals surface area contributed by atoms with E-state index in [-0.39, 0.29) is 6.10 Å². The van der Waals surface area contributed by atoms with Gasteiger partial charge in [0.05, 0.1) is 5.60 Å². The Kier molecular flexibility index (Phi) is 3.22. The summed E-state index contributed by atoms with van der Waals surface area (Å²) in [5, 5.41) is 14.0. The van der Waals surface area contributed by atoms with Crippen molar-refractivity contribution >= 4 is 11.6 Å². The molecule has 18 heavy (non-hydrogen) atoms. The summed E-state index contributed by atoms with van der Waals surface area (Å²) in [7, 11) is 0. The van der Waals surface area contributed by atoms with Gasteiger partial charge in [-0.2, -0.15) is 0 Å². The van der Waals surface area contributed by atoms with Crippen molar-refractivity contribution in [2.75, 3.05) is 13.1 Å². The molecule has 1 atom stereocenters. The van der Waals surface area contributed by atoms with Crippen LogP contribution in [0.5, 0.6) is 5.75 Å². The Morgan fingerprint density at radius 2 is 2.28 bits per heavy atom. The Bertz CT molecular complexity index is 445. The monoisotopic (exact) mass is 267 g/mol. The summed E-state index contributed by atoms with van der Waals surface area (Å²) in [5.41, 5.74) is 0.714. The molecule has 1 fully saturated rings. The SMILES string of the molecule is OC1(CNCC2Cc3cc(Cl)ccc3O2)CCC1. The Morgan fingerprint density at radius 3 is 3.00 bits per heavy atom. The van der Waals surface area contributed by atoms with Crippen molar-refractivity contribution in [2.24, 2.45) is 0 Å². The number of nitrogens with one attached hydrogen (secondary N) is 1. The highest BCUT2D eigenvalue weighted by Gasteiger charge is 2.34. The van der Waals surface area contributed by atoms with Crippen LogP contribution in [0.2, 0.25) is 5.02 Å². The maximum absolute atomic E-state index is 9.97. The zero-order valence-corrected chi connectivity index (χ0v) is 11.0. The third kappa shape index (κ3) is 2.48. The van der Waals surface area contributed by atoms with Crippen molar-refractivity contribution < 1.29 is 9.84 Å². The summed E-state index contributed by atoms with van der Waals surface area (Å²) in [5.74, 6) is 0.938. The van der Waals surface area contributed by atoms with E-state index in [4.69, 9.17) is 16.3 Å². The van der Waals surface area contributed by atoms with Crippen molar-refractivity contribution in [3.63, 3.8) is 0 Å². The molecule has 98 valence electrons. The minimum absolute atomic E-state index is 0.155. The van der Waals surface area contributed by atoms with E-state index in [1.807, 2.05) is 18.2 Å². The van der Waals surface area contributed by atoms with Crippen molar-refractivity contribution in [1.29, 1.82) is 0 Å². The Balaban J connectivity index is 1.49. The van der Waals surface area contributed by atoms with E-state index in [9.17, 15) is 5.11 Å². The molecule has 0 radical (unpaired) electrons. The molecule has 0 spiro atoms. The first-order valence-electron chi connectivity index (χ1n) is 6.53. The van der Waals surface area contributed by atoms with Crippen LogP contribution in [0.1, 0.15) is 24.8 Å². The molecule has 1 heterocycles. The number of hydrogen-bond donors (Lipinski definition) is 2. The summed E-state index contributed by atoms with van der Waals surface area (Å²) >= 11 is 5.96. The molecule has 2 N–H and O–H groups in total. The standard InChI is InChI=1S/C14H18ClNO2/c15-11-2-3-13-10(6-11)7-12(18-13)8-16-9-14(17)4-1-5-14/h2-3,6,12,16-17H,1,4-5,7-9H2. The maximum Gasteiger partial charge on any atom is 0.123 e. The summed E-state index contributed by atoms with van der Waals surface area (Å²) in [6.07, 6.45) is 4.02. The van der Waals surface area contributed by atoms with Crippen LogP contribution in [0.3, 0.4) is 0 Å². The van der Waals surface area contributed by atoms with Gasteiger partial charge in [0, 0.05) is 24.5 Å². The van der Waals surface area contributed by atoms with Gasteiger partial charge in [0.15, 0.2) is 0 Å². The molecular formula is C14H18ClNO2. The minimum Gasteiger partial charge on any atom is -0.488 e. The molecular weight excluding hydrogens is 250 g/mol. The van der Waals surface area contributed by atoms with E-state index >= 15 is 0 Å². The number of halogens is 1. The quantitative estimate of drug-likeness (QED) is 0.878. The lowest BCUT2D eigenvalue weighted by Crippen LogP contribution is -2.48. The molecule has 0 amide bonds. The molecule has 1 unspecified atom stereocenters. The van der Waals surface area contributed by atoms with Gasteiger partial charge in [-0.3, -0.25) is 0 Å².